The van der Waals surface area contributed by atoms with Crippen molar-refractivity contribution in [1.29, 1.82) is 0 Å². The van der Waals surface area contributed by atoms with Gasteiger partial charge >= 0.3 is 6.03 Å². The summed E-state index contributed by atoms with van der Waals surface area (Å²) in [5.41, 5.74) is 2.73. The molecule has 1 fully saturated rings. The molecule has 0 spiro atoms. The van der Waals surface area contributed by atoms with Gasteiger partial charge in [-0.05, 0) is 11.6 Å². The molecule has 0 atom stereocenters. The second kappa shape index (κ2) is 7.17. The van der Waals surface area contributed by atoms with E-state index in [0.29, 0.717) is 0 Å². The minimum absolute atomic E-state index is 0.0707. The van der Waals surface area contributed by atoms with Crippen LogP contribution >= 0.6 is 0 Å². The van der Waals surface area contributed by atoms with Gasteiger partial charge in [0.25, 0.3) is 0 Å². The Bertz CT molecular complexity index is 805. The zero-order valence-corrected chi connectivity index (χ0v) is 13.9. The fourth-order valence-corrected chi connectivity index (χ4v) is 2.78. The van der Waals surface area contributed by atoms with Gasteiger partial charge in [0.05, 0.1) is 5.69 Å². The molecule has 4 amide bonds. The van der Waals surface area contributed by atoms with Crippen molar-refractivity contribution in [2.45, 2.75) is 6.42 Å². The first-order valence-corrected chi connectivity index (χ1v) is 8.06. The van der Waals surface area contributed by atoms with Gasteiger partial charge in [0.15, 0.2) is 0 Å². The molecule has 1 saturated heterocycles. The van der Waals surface area contributed by atoms with Crippen LogP contribution in [0.3, 0.4) is 0 Å². The first-order valence-electron chi connectivity index (χ1n) is 8.06. The largest absolute Gasteiger partial charge is 0.324 e. The minimum atomic E-state index is -0.519. The summed E-state index contributed by atoms with van der Waals surface area (Å²) < 4.78 is 0. The molecule has 6 heteroatoms. The second-order valence-electron chi connectivity index (χ2n) is 5.86. The van der Waals surface area contributed by atoms with E-state index in [4.69, 9.17) is 0 Å². The third-order valence-corrected chi connectivity index (χ3v) is 4.19. The average molecular weight is 337 g/mol. The van der Waals surface area contributed by atoms with Gasteiger partial charge in [-0.25, -0.2) is 4.79 Å². The van der Waals surface area contributed by atoms with Crippen LogP contribution in [0, 0.1) is 0 Å². The predicted molar refractivity (Wildman–Crippen MR) is 95.0 cm³/mol. The molecule has 0 aromatic heterocycles. The molecule has 0 aliphatic carbocycles. The van der Waals surface area contributed by atoms with Crippen LogP contribution in [0.25, 0.3) is 11.1 Å². The van der Waals surface area contributed by atoms with Crippen LogP contribution in [0.5, 0.6) is 0 Å². The molecule has 2 aromatic carbocycles. The number of hydrogen-bond acceptors (Lipinski definition) is 3. The zero-order valence-electron chi connectivity index (χ0n) is 13.9. The molecule has 1 heterocycles. The van der Waals surface area contributed by atoms with Gasteiger partial charge in [0, 0.05) is 25.6 Å². The number of hydrogen-bond donors (Lipinski definition) is 1. The molecular formula is C19H19N3O3. The Labute approximate surface area is 146 Å². The molecular weight excluding hydrogens is 318 g/mol. The lowest BCUT2D eigenvalue weighted by Gasteiger charge is -2.28. The first-order chi connectivity index (χ1) is 12.1. The van der Waals surface area contributed by atoms with E-state index in [-0.39, 0.29) is 31.3 Å². The normalized spacial score (nSPS) is 14.2. The summed E-state index contributed by atoms with van der Waals surface area (Å²) in [5.74, 6) is -0.524. The average Bonchev–Trinajstić information content (AvgIpc) is 2.64. The van der Waals surface area contributed by atoms with E-state index >= 15 is 0 Å². The summed E-state index contributed by atoms with van der Waals surface area (Å²) >= 11 is 0. The summed E-state index contributed by atoms with van der Waals surface area (Å²) in [5, 5.41) is 2.23. The van der Waals surface area contributed by atoms with Gasteiger partial charge in [0.1, 0.15) is 6.54 Å². The van der Waals surface area contributed by atoms with Crippen LogP contribution in [-0.4, -0.2) is 42.9 Å². The number of likely N-dealkylation sites (N-methyl/N-ethyl adjacent to an activating group) is 1. The van der Waals surface area contributed by atoms with Crippen LogP contribution in [0.4, 0.5) is 10.5 Å². The first kappa shape index (κ1) is 16.7. The van der Waals surface area contributed by atoms with Gasteiger partial charge in [0.2, 0.25) is 11.8 Å². The van der Waals surface area contributed by atoms with E-state index in [0.717, 1.165) is 16.8 Å². The van der Waals surface area contributed by atoms with Crippen LogP contribution < -0.4 is 10.2 Å². The molecule has 1 N–H and O–H groups in total. The van der Waals surface area contributed by atoms with E-state index in [2.05, 4.69) is 5.32 Å². The third kappa shape index (κ3) is 3.68. The Hall–Kier alpha value is -3.15. The topological polar surface area (TPSA) is 69.7 Å². The van der Waals surface area contributed by atoms with E-state index in [1.54, 1.807) is 11.9 Å². The van der Waals surface area contributed by atoms with Gasteiger partial charge in [-0.2, -0.15) is 0 Å². The van der Waals surface area contributed by atoms with Crippen molar-refractivity contribution in [3.05, 3.63) is 54.6 Å². The molecule has 1 aliphatic rings. The SMILES string of the molecule is CN(C(=O)CN1CCC(=O)NC1=O)c1ccccc1-c1ccccc1. The number of carbonyl (C=O) groups excluding carboxylic acids is 3. The highest BCUT2D eigenvalue weighted by Gasteiger charge is 2.26. The molecule has 0 saturated carbocycles. The highest BCUT2D eigenvalue weighted by molar-refractivity contribution is 6.02. The van der Waals surface area contributed by atoms with Gasteiger partial charge in [-0.3, -0.25) is 14.9 Å². The van der Waals surface area contributed by atoms with Gasteiger partial charge < -0.3 is 9.80 Å². The maximum absolute atomic E-state index is 12.6. The van der Waals surface area contributed by atoms with Crippen molar-refractivity contribution < 1.29 is 14.4 Å². The van der Waals surface area contributed by atoms with E-state index in [1.165, 1.54) is 4.90 Å². The molecule has 3 rings (SSSR count). The van der Waals surface area contributed by atoms with Gasteiger partial charge in [-0.1, -0.05) is 48.5 Å². The minimum Gasteiger partial charge on any atom is -0.315 e. The number of urea groups is 1. The summed E-state index contributed by atoms with van der Waals surface area (Å²) in [7, 11) is 1.69. The Morgan fingerprint density at radius 3 is 2.48 bits per heavy atom. The Kier molecular flexibility index (Phi) is 4.79. The van der Waals surface area contributed by atoms with Crippen molar-refractivity contribution in [3.63, 3.8) is 0 Å². The number of anilines is 1. The van der Waals surface area contributed by atoms with E-state index in [9.17, 15) is 14.4 Å². The summed E-state index contributed by atoms with van der Waals surface area (Å²) in [6, 6.07) is 16.9. The highest BCUT2D eigenvalue weighted by Crippen LogP contribution is 2.30. The lowest BCUT2D eigenvalue weighted by molar-refractivity contribution is -0.123. The van der Waals surface area contributed by atoms with Gasteiger partial charge in [-0.15, -0.1) is 0 Å². The summed E-state index contributed by atoms with van der Waals surface area (Å²) in [6.45, 7) is 0.184. The number of nitrogens with one attached hydrogen (secondary N) is 1. The lowest BCUT2D eigenvalue weighted by atomic mass is 10.0. The van der Waals surface area contributed by atoms with Crippen LogP contribution in [0.2, 0.25) is 0 Å². The standard InChI is InChI=1S/C19H19N3O3/c1-21(18(24)13-22-12-11-17(23)20-19(22)25)16-10-6-5-9-15(16)14-7-3-2-4-8-14/h2-10H,11-13H2,1H3,(H,20,23,25). The molecule has 128 valence electrons. The van der Waals surface area contributed by atoms with Crippen molar-refractivity contribution in [1.82, 2.24) is 10.2 Å². The molecule has 6 nitrogen and oxygen atoms in total. The molecule has 0 radical (unpaired) electrons. The highest BCUT2D eigenvalue weighted by atomic mass is 16.2. The fraction of sp³-hybridized carbons (Fsp3) is 0.211. The van der Waals surface area contributed by atoms with Crippen LogP contribution in [0.1, 0.15) is 6.42 Å². The molecule has 0 unspecified atom stereocenters. The van der Waals surface area contributed by atoms with Crippen LogP contribution in [-0.2, 0) is 9.59 Å². The third-order valence-electron chi connectivity index (χ3n) is 4.19. The predicted octanol–water partition coefficient (Wildman–Crippen LogP) is 2.26. The number of nitrogens with zero attached hydrogens (tertiary/aromatic N) is 2. The summed E-state index contributed by atoms with van der Waals surface area (Å²) in [6.07, 6.45) is 0.212. The zero-order chi connectivity index (χ0) is 17.8. The van der Waals surface area contributed by atoms with E-state index in [1.807, 2.05) is 54.6 Å². The number of benzene rings is 2. The monoisotopic (exact) mass is 337 g/mol. The molecule has 2 aromatic rings. The second-order valence-corrected chi connectivity index (χ2v) is 5.86. The van der Waals surface area contributed by atoms with Crippen molar-refractivity contribution >= 4 is 23.5 Å². The number of amides is 4. The Balaban J connectivity index is 1.79. The Morgan fingerprint density at radius 2 is 1.76 bits per heavy atom. The molecule has 1 aliphatic heterocycles. The quantitative estimate of drug-likeness (QED) is 0.930. The van der Waals surface area contributed by atoms with Crippen LogP contribution in [0.15, 0.2) is 54.6 Å². The molecule has 0 bridgehead atoms. The maximum Gasteiger partial charge on any atom is 0.324 e. The Morgan fingerprint density at radius 1 is 1.08 bits per heavy atom. The maximum atomic E-state index is 12.6. The molecule has 25 heavy (non-hydrogen) atoms. The number of imide groups is 1. The smallest absolute Gasteiger partial charge is 0.315 e. The van der Waals surface area contributed by atoms with Crippen molar-refractivity contribution in [2.75, 3.05) is 25.0 Å². The summed E-state index contributed by atoms with van der Waals surface area (Å²) in [4.78, 5) is 38.6. The van der Waals surface area contributed by atoms with E-state index < -0.39 is 6.03 Å². The lowest BCUT2D eigenvalue weighted by Crippen LogP contribution is -2.52. The van der Waals surface area contributed by atoms with Crippen molar-refractivity contribution in [3.8, 4) is 11.1 Å². The number of carbonyl (C=O) groups is 3. The fourth-order valence-electron chi connectivity index (χ4n) is 2.78. The van der Waals surface area contributed by atoms with Crippen molar-refractivity contribution in [2.24, 2.45) is 0 Å². The number of rotatable bonds is 4. The number of para-hydroxylation sites is 1.